The van der Waals surface area contributed by atoms with E-state index in [4.69, 9.17) is 9.72 Å². The lowest BCUT2D eigenvalue weighted by Gasteiger charge is -2.10. The maximum absolute atomic E-state index is 12.4. The third-order valence-electron chi connectivity index (χ3n) is 6.16. The number of imidazole rings is 1. The highest BCUT2D eigenvalue weighted by molar-refractivity contribution is 5.94. The topological polar surface area (TPSA) is 56.2 Å². The summed E-state index contributed by atoms with van der Waals surface area (Å²) in [7, 11) is 1.61. The van der Waals surface area contributed by atoms with Gasteiger partial charge in [0.05, 0.1) is 18.1 Å². The Morgan fingerprint density at radius 1 is 0.939 bits per heavy atom. The van der Waals surface area contributed by atoms with E-state index in [-0.39, 0.29) is 5.91 Å². The molecule has 3 aromatic rings. The van der Waals surface area contributed by atoms with Crippen LogP contribution in [0.4, 0.5) is 0 Å². The zero-order valence-electron chi connectivity index (χ0n) is 20.3. The fraction of sp³-hybridized carbons (Fsp3) is 0.500. The van der Waals surface area contributed by atoms with E-state index in [1.165, 1.54) is 56.9 Å². The molecule has 2 aromatic carbocycles. The van der Waals surface area contributed by atoms with E-state index < -0.39 is 0 Å². The molecule has 33 heavy (non-hydrogen) atoms. The van der Waals surface area contributed by atoms with Crippen LogP contribution >= 0.6 is 0 Å². The minimum absolute atomic E-state index is 0.0682. The maximum Gasteiger partial charge on any atom is 0.251 e. The van der Waals surface area contributed by atoms with Crippen LogP contribution in [0.25, 0.3) is 11.0 Å². The molecule has 0 atom stereocenters. The minimum Gasteiger partial charge on any atom is -0.497 e. The number of aromatic nitrogens is 2. The first-order chi connectivity index (χ1) is 16.2. The highest BCUT2D eigenvalue weighted by Crippen LogP contribution is 2.19. The van der Waals surface area contributed by atoms with E-state index in [0.29, 0.717) is 17.9 Å². The van der Waals surface area contributed by atoms with Crippen LogP contribution in [0.1, 0.15) is 80.9 Å². The van der Waals surface area contributed by atoms with Gasteiger partial charge in [-0.1, -0.05) is 70.1 Å². The van der Waals surface area contributed by atoms with Crippen LogP contribution in [0.5, 0.6) is 5.75 Å². The SMILES string of the molecule is CCCCCCCCCCn1c(CCCNC(=O)c2cccc(OC)c2)nc2ccccc21. The van der Waals surface area contributed by atoms with Gasteiger partial charge in [0.15, 0.2) is 0 Å². The molecule has 5 nitrogen and oxygen atoms in total. The normalized spacial score (nSPS) is 11.1. The van der Waals surface area contributed by atoms with E-state index >= 15 is 0 Å². The predicted octanol–water partition coefficient (Wildman–Crippen LogP) is 6.55. The second kappa shape index (κ2) is 13.7. The van der Waals surface area contributed by atoms with Crippen LogP contribution in [-0.2, 0) is 13.0 Å². The Morgan fingerprint density at radius 2 is 1.70 bits per heavy atom. The summed E-state index contributed by atoms with van der Waals surface area (Å²) < 4.78 is 7.59. The number of amides is 1. The number of nitrogens with zero attached hydrogens (tertiary/aromatic N) is 2. The summed E-state index contributed by atoms with van der Waals surface area (Å²) in [5.74, 6) is 1.74. The van der Waals surface area contributed by atoms with Crippen molar-refractivity contribution in [3.63, 3.8) is 0 Å². The Kier molecular flexibility index (Phi) is 10.3. The smallest absolute Gasteiger partial charge is 0.251 e. The number of para-hydroxylation sites is 2. The molecule has 0 saturated carbocycles. The van der Waals surface area contributed by atoms with Gasteiger partial charge in [0.2, 0.25) is 0 Å². The molecule has 0 aliphatic carbocycles. The van der Waals surface area contributed by atoms with Gasteiger partial charge in [-0.15, -0.1) is 0 Å². The van der Waals surface area contributed by atoms with E-state index in [1.807, 2.05) is 18.2 Å². The van der Waals surface area contributed by atoms with Gasteiger partial charge in [-0.3, -0.25) is 4.79 Å². The predicted molar refractivity (Wildman–Crippen MR) is 136 cm³/mol. The lowest BCUT2D eigenvalue weighted by molar-refractivity contribution is 0.0952. The van der Waals surface area contributed by atoms with Gasteiger partial charge in [-0.25, -0.2) is 4.98 Å². The molecule has 0 saturated heterocycles. The average Bonchev–Trinajstić information content (AvgIpc) is 3.20. The van der Waals surface area contributed by atoms with Crippen molar-refractivity contribution < 1.29 is 9.53 Å². The van der Waals surface area contributed by atoms with Crippen molar-refractivity contribution in [2.75, 3.05) is 13.7 Å². The first-order valence-electron chi connectivity index (χ1n) is 12.6. The summed E-state index contributed by atoms with van der Waals surface area (Å²) in [5, 5.41) is 3.02. The number of hydrogen-bond donors (Lipinski definition) is 1. The van der Waals surface area contributed by atoms with Crippen LogP contribution in [-0.4, -0.2) is 29.1 Å². The van der Waals surface area contributed by atoms with Crippen molar-refractivity contribution in [3.05, 3.63) is 59.9 Å². The molecule has 0 fully saturated rings. The quantitative estimate of drug-likeness (QED) is 0.268. The number of ether oxygens (including phenoxy) is 1. The first-order valence-corrected chi connectivity index (χ1v) is 12.6. The summed E-state index contributed by atoms with van der Waals surface area (Å²) in [5.41, 5.74) is 2.90. The molecular weight excluding hydrogens is 410 g/mol. The van der Waals surface area contributed by atoms with E-state index in [2.05, 4.69) is 35.0 Å². The van der Waals surface area contributed by atoms with Crippen molar-refractivity contribution in [3.8, 4) is 5.75 Å². The molecule has 0 radical (unpaired) electrons. The molecule has 1 heterocycles. The molecule has 0 spiro atoms. The second-order valence-electron chi connectivity index (χ2n) is 8.73. The molecule has 1 amide bonds. The summed E-state index contributed by atoms with van der Waals surface area (Å²) in [6.45, 7) is 3.90. The number of methoxy groups -OCH3 is 1. The molecule has 0 bridgehead atoms. The maximum atomic E-state index is 12.4. The average molecular weight is 450 g/mol. The van der Waals surface area contributed by atoms with Crippen molar-refractivity contribution in [1.82, 2.24) is 14.9 Å². The van der Waals surface area contributed by atoms with Crippen LogP contribution in [0.15, 0.2) is 48.5 Å². The van der Waals surface area contributed by atoms with Gasteiger partial charge in [-0.05, 0) is 43.2 Å². The van der Waals surface area contributed by atoms with Crippen LogP contribution in [0.3, 0.4) is 0 Å². The summed E-state index contributed by atoms with van der Waals surface area (Å²) in [6, 6.07) is 15.6. The molecule has 1 N–H and O–H groups in total. The molecule has 1 aromatic heterocycles. The Morgan fingerprint density at radius 3 is 2.48 bits per heavy atom. The third-order valence-corrected chi connectivity index (χ3v) is 6.16. The van der Waals surface area contributed by atoms with E-state index in [0.717, 1.165) is 30.7 Å². The van der Waals surface area contributed by atoms with Crippen molar-refractivity contribution in [1.29, 1.82) is 0 Å². The van der Waals surface area contributed by atoms with Gasteiger partial charge in [0.1, 0.15) is 11.6 Å². The first kappa shape index (κ1) is 24.8. The number of carbonyl (C=O) groups excluding carboxylic acids is 1. The monoisotopic (exact) mass is 449 g/mol. The lowest BCUT2D eigenvalue weighted by Crippen LogP contribution is -2.25. The number of hydrogen-bond acceptors (Lipinski definition) is 3. The van der Waals surface area contributed by atoms with Crippen molar-refractivity contribution >= 4 is 16.9 Å². The summed E-state index contributed by atoms with van der Waals surface area (Å²) in [6.07, 6.45) is 12.3. The fourth-order valence-electron chi connectivity index (χ4n) is 4.28. The fourth-order valence-corrected chi connectivity index (χ4v) is 4.28. The Hall–Kier alpha value is -2.82. The Balaban J connectivity index is 1.48. The number of rotatable bonds is 15. The number of carbonyl (C=O) groups is 1. The number of aryl methyl sites for hydroxylation is 2. The van der Waals surface area contributed by atoms with Gasteiger partial charge in [0, 0.05) is 25.1 Å². The highest BCUT2D eigenvalue weighted by atomic mass is 16.5. The minimum atomic E-state index is -0.0682. The molecule has 0 unspecified atom stereocenters. The highest BCUT2D eigenvalue weighted by Gasteiger charge is 2.11. The lowest BCUT2D eigenvalue weighted by atomic mass is 10.1. The molecule has 178 valence electrons. The Labute approximate surface area is 198 Å². The summed E-state index contributed by atoms with van der Waals surface area (Å²) in [4.78, 5) is 17.3. The number of benzene rings is 2. The number of fused-ring (bicyclic) bond motifs is 1. The zero-order chi connectivity index (χ0) is 23.3. The number of nitrogens with one attached hydrogen (secondary N) is 1. The zero-order valence-corrected chi connectivity index (χ0v) is 20.3. The van der Waals surface area contributed by atoms with E-state index in [9.17, 15) is 4.79 Å². The van der Waals surface area contributed by atoms with Crippen LogP contribution < -0.4 is 10.1 Å². The molecule has 0 aliphatic rings. The summed E-state index contributed by atoms with van der Waals surface area (Å²) >= 11 is 0. The Bertz CT molecular complexity index is 996. The molecular formula is C28H39N3O2. The van der Waals surface area contributed by atoms with Crippen molar-refractivity contribution in [2.24, 2.45) is 0 Å². The van der Waals surface area contributed by atoms with Gasteiger partial charge in [-0.2, -0.15) is 0 Å². The second-order valence-corrected chi connectivity index (χ2v) is 8.73. The number of unbranched alkanes of at least 4 members (excludes halogenated alkanes) is 7. The van der Waals surface area contributed by atoms with Gasteiger partial charge in [0.25, 0.3) is 5.91 Å². The van der Waals surface area contributed by atoms with Crippen LogP contribution in [0.2, 0.25) is 0 Å². The van der Waals surface area contributed by atoms with Crippen molar-refractivity contribution in [2.45, 2.75) is 77.7 Å². The standard InChI is InChI=1S/C28H39N3O2/c1-3-4-5-6-7-8-9-12-21-31-26-18-11-10-17-25(26)30-27(31)19-14-20-29-28(32)23-15-13-16-24(22-23)33-2/h10-11,13,15-18,22H,3-9,12,14,19-21H2,1-2H3,(H,29,32). The molecule has 3 rings (SSSR count). The largest absolute Gasteiger partial charge is 0.497 e. The van der Waals surface area contributed by atoms with E-state index in [1.54, 1.807) is 19.2 Å². The van der Waals surface area contributed by atoms with Gasteiger partial charge >= 0.3 is 0 Å². The third kappa shape index (κ3) is 7.62. The van der Waals surface area contributed by atoms with Crippen LogP contribution in [0, 0.1) is 0 Å². The molecule has 5 heteroatoms. The molecule has 0 aliphatic heterocycles. The van der Waals surface area contributed by atoms with Gasteiger partial charge < -0.3 is 14.6 Å².